The lowest BCUT2D eigenvalue weighted by molar-refractivity contribution is -0.192. The summed E-state index contributed by atoms with van der Waals surface area (Å²) in [6.07, 6.45) is -4.70. The Hall–Kier alpha value is -3.84. The van der Waals surface area contributed by atoms with Crippen molar-refractivity contribution in [2.24, 2.45) is 0 Å². The van der Waals surface area contributed by atoms with E-state index >= 15 is 0 Å². The molecular formula is C28H31F5N4O7S2. The summed E-state index contributed by atoms with van der Waals surface area (Å²) in [4.78, 5) is 15.8. The Labute approximate surface area is 264 Å². The Bertz CT molecular complexity index is 1660. The zero-order valence-electron chi connectivity index (χ0n) is 24.4. The summed E-state index contributed by atoms with van der Waals surface area (Å²) in [5.41, 5.74) is 0.886. The molecule has 0 aliphatic heterocycles. The van der Waals surface area contributed by atoms with Gasteiger partial charge in [0, 0.05) is 13.1 Å². The average Bonchev–Trinajstić information content (AvgIpc) is 3.67. The van der Waals surface area contributed by atoms with Gasteiger partial charge in [-0.2, -0.15) is 22.0 Å². The third-order valence-corrected chi connectivity index (χ3v) is 8.82. The van der Waals surface area contributed by atoms with Crippen LogP contribution in [0, 0.1) is 0 Å². The summed E-state index contributed by atoms with van der Waals surface area (Å²) in [6.45, 7) is 3.07. The molecule has 2 atom stereocenters. The minimum atomic E-state index is -5.08. The molecule has 2 heterocycles. The van der Waals surface area contributed by atoms with Crippen molar-refractivity contribution in [2.45, 2.75) is 43.7 Å². The Kier molecular flexibility index (Phi) is 12.8. The number of fused-ring (bicyclic) bond motifs is 1. The van der Waals surface area contributed by atoms with Gasteiger partial charge in [0.2, 0.25) is 10.0 Å². The molecule has 0 saturated heterocycles. The lowest BCUT2D eigenvalue weighted by atomic mass is 10.1. The van der Waals surface area contributed by atoms with Gasteiger partial charge in [-0.15, -0.1) is 0 Å². The van der Waals surface area contributed by atoms with Crippen LogP contribution in [0.5, 0.6) is 5.75 Å². The van der Waals surface area contributed by atoms with E-state index in [9.17, 15) is 35.5 Å². The maximum Gasteiger partial charge on any atom is 0.490 e. The number of aliphatic hydroxyl groups excluding tert-OH is 1. The Morgan fingerprint density at radius 1 is 1.09 bits per heavy atom. The number of anilines is 1. The van der Waals surface area contributed by atoms with Crippen molar-refractivity contribution in [3.8, 4) is 5.75 Å². The predicted octanol–water partition coefficient (Wildman–Crippen LogP) is 5.63. The highest BCUT2D eigenvalue weighted by Crippen LogP contribution is 2.30. The molecule has 0 fully saturated rings. The molecule has 0 amide bonds. The van der Waals surface area contributed by atoms with E-state index in [1.807, 2.05) is 12.1 Å². The summed E-state index contributed by atoms with van der Waals surface area (Å²) >= 11 is 1.33. The van der Waals surface area contributed by atoms with Crippen LogP contribution in [-0.4, -0.2) is 73.5 Å². The van der Waals surface area contributed by atoms with Gasteiger partial charge >= 0.3 is 18.8 Å². The molecule has 252 valence electrons. The second kappa shape index (κ2) is 16.1. The van der Waals surface area contributed by atoms with Gasteiger partial charge in [-0.05, 0) is 61.1 Å². The number of alkyl halides is 5. The predicted molar refractivity (Wildman–Crippen MR) is 159 cm³/mol. The van der Waals surface area contributed by atoms with Crippen LogP contribution in [-0.2, 0) is 14.8 Å². The van der Waals surface area contributed by atoms with E-state index < -0.39 is 34.9 Å². The molecular weight excluding hydrogens is 663 g/mol. The molecule has 0 spiro atoms. The number of ether oxygens (including phenoxy) is 1. The fourth-order valence-electron chi connectivity index (χ4n) is 4.17. The van der Waals surface area contributed by atoms with Gasteiger partial charge in [0.25, 0.3) is 0 Å². The van der Waals surface area contributed by atoms with E-state index in [0.717, 1.165) is 18.8 Å². The van der Waals surface area contributed by atoms with Crippen LogP contribution in [0.1, 0.15) is 37.3 Å². The number of rotatable bonds is 14. The molecule has 2 aromatic heterocycles. The van der Waals surface area contributed by atoms with Crippen molar-refractivity contribution in [1.82, 2.24) is 14.6 Å². The number of carboxylic acids is 1. The summed E-state index contributed by atoms with van der Waals surface area (Å²) < 4.78 is 95.5. The number of carboxylic acid groups (broad SMARTS) is 1. The first kappa shape index (κ1) is 36.6. The Balaban J connectivity index is 0.000000738. The van der Waals surface area contributed by atoms with Gasteiger partial charge < -0.3 is 24.7 Å². The number of hydrogen-bond acceptors (Lipinski definition) is 10. The van der Waals surface area contributed by atoms with E-state index in [1.54, 1.807) is 12.3 Å². The average molecular weight is 695 g/mol. The van der Waals surface area contributed by atoms with E-state index in [4.69, 9.17) is 14.3 Å². The smallest absolute Gasteiger partial charge is 0.475 e. The van der Waals surface area contributed by atoms with Crippen LogP contribution < -0.4 is 14.8 Å². The Morgan fingerprint density at radius 2 is 1.78 bits per heavy atom. The second-order valence-electron chi connectivity index (χ2n) is 9.40. The first-order chi connectivity index (χ1) is 21.6. The number of halogens is 5. The normalized spacial score (nSPS) is 13.3. The van der Waals surface area contributed by atoms with Crippen LogP contribution >= 0.6 is 11.3 Å². The highest BCUT2D eigenvalue weighted by atomic mass is 32.2. The number of nitrogens with one attached hydrogen (secondary N) is 2. The number of aromatic nitrogens is 1. The standard InChI is InChI=1S/C26H30F2N4O5S2.C2HF3O2/c1-3-32(4-2)21(23-9-6-12-36-23)15-29-26-31-20-11-10-19(14-24(20)38-26)39(34,35)30-16-22(33)17-7-5-8-18(13-17)37-25(27)28;3-2(4,5)1(6)7/h5-14,21-22,25,30,33H,3-4,15-16H2,1-2H3,(H,29,31);(H,6,7). The van der Waals surface area contributed by atoms with E-state index in [-0.39, 0.29) is 28.8 Å². The third-order valence-electron chi connectivity index (χ3n) is 6.42. The van der Waals surface area contributed by atoms with Crippen LogP contribution in [0.4, 0.5) is 27.1 Å². The molecule has 4 rings (SSSR count). The molecule has 0 aliphatic rings. The lowest BCUT2D eigenvalue weighted by Crippen LogP contribution is -2.32. The number of aliphatic carboxylic acids is 1. The summed E-state index contributed by atoms with van der Waals surface area (Å²) in [5, 5.41) is 21.5. The molecule has 0 saturated carbocycles. The molecule has 2 unspecified atom stereocenters. The molecule has 2 aromatic carbocycles. The van der Waals surface area contributed by atoms with Crippen LogP contribution in [0.2, 0.25) is 0 Å². The number of thiazole rings is 1. The fourth-order valence-corrected chi connectivity index (χ4v) is 6.23. The van der Waals surface area contributed by atoms with Gasteiger partial charge in [-0.3, -0.25) is 4.90 Å². The van der Waals surface area contributed by atoms with Gasteiger partial charge in [0.1, 0.15) is 11.5 Å². The maximum absolute atomic E-state index is 12.9. The minimum absolute atomic E-state index is 0.0104. The van der Waals surface area contributed by atoms with Crippen molar-refractivity contribution in [2.75, 3.05) is 31.5 Å². The molecule has 0 bridgehead atoms. The highest BCUT2D eigenvalue weighted by Gasteiger charge is 2.38. The van der Waals surface area contributed by atoms with E-state index in [0.29, 0.717) is 21.9 Å². The molecule has 4 aromatic rings. The van der Waals surface area contributed by atoms with Crippen LogP contribution in [0.15, 0.2) is 70.2 Å². The molecule has 18 heteroatoms. The number of aliphatic hydroxyl groups is 1. The first-order valence-electron chi connectivity index (χ1n) is 13.6. The van der Waals surface area contributed by atoms with Gasteiger partial charge in [-0.25, -0.2) is 22.9 Å². The first-order valence-corrected chi connectivity index (χ1v) is 15.9. The zero-order chi connectivity index (χ0) is 34.1. The largest absolute Gasteiger partial charge is 0.490 e. The summed E-state index contributed by atoms with van der Waals surface area (Å²) in [7, 11) is -3.97. The van der Waals surface area contributed by atoms with Gasteiger partial charge in [0.05, 0.1) is 33.5 Å². The number of sulfonamides is 1. The number of likely N-dealkylation sites (N-methyl/N-ethyl adjacent to an activating group) is 1. The van der Waals surface area contributed by atoms with Gasteiger partial charge in [-0.1, -0.05) is 37.3 Å². The number of hydrogen-bond donors (Lipinski definition) is 4. The molecule has 46 heavy (non-hydrogen) atoms. The minimum Gasteiger partial charge on any atom is -0.475 e. The van der Waals surface area contributed by atoms with Crippen molar-refractivity contribution >= 4 is 42.7 Å². The lowest BCUT2D eigenvalue weighted by Gasteiger charge is -2.28. The van der Waals surface area contributed by atoms with Crippen molar-refractivity contribution in [3.63, 3.8) is 0 Å². The topological polar surface area (TPSA) is 154 Å². The van der Waals surface area contributed by atoms with Crippen molar-refractivity contribution < 1.29 is 54.5 Å². The monoisotopic (exact) mass is 694 g/mol. The number of benzene rings is 2. The molecule has 0 aliphatic carbocycles. The quantitative estimate of drug-likeness (QED) is 0.122. The van der Waals surface area contributed by atoms with Crippen LogP contribution in [0.3, 0.4) is 0 Å². The summed E-state index contributed by atoms with van der Waals surface area (Å²) in [6, 6.07) is 13.9. The van der Waals surface area contributed by atoms with Gasteiger partial charge in [0.15, 0.2) is 5.13 Å². The molecule has 11 nitrogen and oxygen atoms in total. The third kappa shape index (κ3) is 10.3. The maximum atomic E-state index is 12.9. The SMILES string of the molecule is CCN(CC)C(CNc1nc2ccc(S(=O)(=O)NCC(O)c3cccc(OC(F)F)c3)cc2s1)c1ccco1.O=C(O)C(F)(F)F. The van der Waals surface area contributed by atoms with E-state index in [1.165, 1.54) is 47.7 Å². The van der Waals surface area contributed by atoms with Crippen molar-refractivity contribution in [3.05, 3.63) is 72.2 Å². The number of carbonyl (C=O) groups is 1. The molecule has 0 radical (unpaired) electrons. The highest BCUT2D eigenvalue weighted by molar-refractivity contribution is 7.89. The number of nitrogens with zero attached hydrogens (tertiary/aromatic N) is 2. The second-order valence-corrected chi connectivity index (χ2v) is 12.2. The van der Waals surface area contributed by atoms with Crippen LogP contribution in [0.25, 0.3) is 10.2 Å². The Morgan fingerprint density at radius 3 is 2.37 bits per heavy atom. The molecule has 4 N–H and O–H groups in total. The van der Waals surface area contributed by atoms with Crippen molar-refractivity contribution in [1.29, 1.82) is 0 Å². The zero-order valence-corrected chi connectivity index (χ0v) is 26.0. The fraction of sp³-hybridized carbons (Fsp3) is 0.357. The van der Waals surface area contributed by atoms with E-state index in [2.05, 4.69) is 38.5 Å². The number of furan rings is 1. The summed E-state index contributed by atoms with van der Waals surface area (Å²) in [5.74, 6) is -2.04.